The number of aryl methyl sites for hydroxylation is 1. The molecule has 0 amide bonds. The minimum Gasteiger partial charge on any atom is -0.507 e. The zero-order valence-corrected chi connectivity index (χ0v) is 13.8. The first kappa shape index (κ1) is 14.7. The van der Waals surface area contributed by atoms with E-state index in [1.165, 1.54) is 11.3 Å². The summed E-state index contributed by atoms with van der Waals surface area (Å²) in [5.74, 6) is 1.67. The highest BCUT2D eigenvalue weighted by Gasteiger charge is 2.14. The molecule has 4 aromatic rings. The Bertz CT molecular complexity index is 1010. The molecular weight excluding hydrogens is 322 g/mol. The number of ether oxygens (including phenoxy) is 1. The van der Waals surface area contributed by atoms with Gasteiger partial charge in [0.1, 0.15) is 18.1 Å². The van der Waals surface area contributed by atoms with Crippen molar-refractivity contribution in [2.45, 2.75) is 13.5 Å². The maximum absolute atomic E-state index is 10.0. The average molecular weight is 337 g/mol. The van der Waals surface area contributed by atoms with Crippen LogP contribution in [0.3, 0.4) is 0 Å². The molecule has 2 aromatic heterocycles. The lowest BCUT2D eigenvalue weighted by Crippen LogP contribution is -1.99. The van der Waals surface area contributed by atoms with Gasteiger partial charge in [-0.25, -0.2) is 4.52 Å². The van der Waals surface area contributed by atoms with E-state index in [1.54, 1.807) is 16.6 Å². The van der Waals surface area contributed by atoms with Gasteiger partial charge < -0.3 is 9.84 Å². The van der Waals surface area contributed by atoms with Gasteiger partial charge in [0.15, 0.2) is 5.82 Å². The van der Waals surface area contributed by atoms with E-state index in [4.69, 9.17) is 4.74 Å². The lowest BCUT2D eigenvalue weighted by molar-refractivity contribution is 0.294. The van der Waals surface area contributed by atoms with Crippen LogP contribution in [0.15, 0.2) is 53.9 Å². The summed E-state index contributed by atoms with van der Waals surface area (Å²) in [5.41, 5.74) is 2.64. The van der Waals surface area contributed by atoms with Crippen LogP contribution in [0.25, 0.3) is 16.2 Å². The molecule has 4 rings (SSSR count). The number of hydrogen-bond acceptors (Lipinski definition) is 5. The molecule has 0 unspecified atom stereocenters. The minimum atomic E-state index is 0.227. The molecule has 0 aliphatic rings. The normalized spacial score (nSPS) is 11.0. The molecule has 0 bridgehead atoms. The van der Waals surface area contributed by atoms with Crippen LogP contribution >= 0.6 is 11.3 Å². The van der Waals surface area contributed by atoms with Crippen LogP contribution in [-0.4, -0.2) is 19.7 Å². The summed E-state index contributed by atoms with van der Waals surface area (Å²) in [4.78, 5) is 5.27. The second-order valence-corrected chi connectivity index (χ2v) is 6.25. The standard InChI is InChI=1S/C18H15N3O2S/c1-12-6-2-5-9-16(12)23-10-17-19-18-21(20-17)14(11-24-18)13-7-3-4-8-15(13)22/h2-9,11,22H,10H2,1H3. The molecule has 6 heteroatoms. The molecule has 2 aromatic carbocycles. The van der Waals surface area contributed by atoms with Gasteiger partial charge in [-0.2, -0.15) is 4.98 Å². The lowest BCUT2D eigenvalue weighted by Gasteiger charge is -2.06. The van der Waals surface area contributed by atoms with Gasteiger partial charge >= 0.3 is 0 Å². The van der Waals surface area contributed by atoms with Crippen molar-refractivity contribution in [3.8, 4) is 22.8 Å². The number of thiazole rings is 1. The number of phenols is 1. The van der Waals surface area contributed by atoms with E-state index < -0.39 is 0 Å². The van der Waals surface area contributed by atoms with E-state index in [1.807, 2.05) is 48.7 Å². The number of nitrogens with zero attached hydrogens (tertiary/aromatic N) is 3. The topological polar surface area (TPSA) is 59.7 Å². The Balaban J connectivity index is 1.63. The Hall–Kier alpha value is -2.86. The summed E-state index contributed by atoms with van der Waals surface area (Å²) >= 11 is 1.49. The molecule has 120 valence electrons. The van der Waals surface area contributed by atoms with Crippen molar-refractivity contribution in [3.63, 3.8) is 0 Å². The quantitative estimate of drug-likeness (QED) is 0.610. The van der Waals surface area contributed by atoms with Gasteiger partial charge in [0.25, 0.3) is 0 Å². The van der Waals surface area contributed by atoms with Crippen LogP contribution in [0.5, 0.6) is 11.5 Å². The molecule has 2 heterocycles. The Labute approximate surface area is 142 Å². The first-order valence-electron chi connectivity index (χ1n) is 7.52. The van der Waals surface area contributed by atoms with Gasteiger partial charge in [-0.15, -0.1) is 16.4 Å². The van der Waals surface area contributed by atoms with Crippen LogP contribution in [0, 0.1) is 6.92 Å². The number of rotatable bonds is 4. The van der Waals surface area contributed by atoms with Gasteiger partial charge in [0.05, 0.1) is 5.69 Å². The number of para-hydroxylation sites is 2. The molecule has 0 radical (unpaired) electrons. The van der Waals surface area contributed by atoms with E-state index in [9.17, 15) is 5.11 Å². The number of aromatic hydroxyl groups is 1. The van der Waals surface area contributed by atoms with Crippen molar-refractivity contribution in [2.24, 2.45) is 0 Å². The maximum atomic E-state index is 10.0. The first-order chi connectivity index (χ1) is 11.7. The number of aromatic nitrogens is 3. The summed E-state index contributed by atoms with van der Waals surface area (Å²) in [7, 11) is 0. The smallest absolute Gasteiger partial charge is 0.212 e. The van der Waals surface area contributed by atoms with Crippen molar-refractivity contribution in [2.75, 3.05) is 0 Å². The molecular formula is C18H15N3O2S. The van der Waals surface area contributed by atoms with Crippen LogP contribution in [-0.2, 0) is 6.61 Å². The first-order valence-corrected chi connectivity index (χ1v) is 8.40. The third-order valence-corrected chi connectivity index (χ3v) is 4.57. The highest BCUT2D eigenvalue weighted by molar-refractivity contribution is 7.15. The lowest BCUT2D eigenvalue weighted by atomic mass is 10.1. The molecule has 0 saturated heterocycles. The van der Waals surface area contributed by atoms with Crippen molar-refractivity contribution >= 4 is 16.3 Å². The largest absolute Gasteiger partial charge is 0.507 e. The van der Waals surface area contributed by atoms with Crippen LogP contribution in [0.1, 0.15) is 11.4 Å². The minimum absolute atomic E-state index is 0.227. The Morgan fingerprint density at radius 1 is 1.12 bits per heavy atom. The number of phenolic OH excluding ortho intramolecular Hbond substituents is 1. The zero-order chi connectivity index (χ0) is 16.5. The van der Waals surface area contributed by atoms with Crippen LogP contribution in [0.2, 0.25) is 0 Å². The predicted molar refractivity (Wildman–Crippen MR) is 93.5 cm³/mol. The monoisotopic (exact) mass is 337 g/mol. The van der Waals surface area contributed by atoms with E-state index in [2.05, 4.69) is 10.1 Å². The predicted octanol–water partition coefficient (Wildman–Crippen LogP) is 4.05. The van der Waals surface area contributed by atoms with Gasteiger partial charge in [-0.3, -0.25) is 0 Å². The summed E-state index contributed by atoms with van der Waals surface area (Å²) < 4.78 is 7.55. The summed E-state index contributed by atoms with van der Waals surface area (Å²) in [6, 6.07) is 15.1. The number of hydrogen-bond donors (Lipinski definition) is 1. The van der Waals surface area contributed by atoms with Gasteiger partial charge in [0.2, 0.25) is 4.96 Å². The molecule has 0 aliphatic heterocycles. The van der Waals surface area contributed by atoms with Crippen molar-refractivity contribution in [3.05, 3.63) is 65.3 Å². The fraction of sp³-hybridized carbons (Fsp3) is 0.111. The SMILES string of the molecule is Cc1ccccc1OCc1nc2scc(-c3ccccc3O)n2n1. The van der Waals surface area contributed by atoms with Crippen LogP contribution in [0.4, 0.5) is 0 Å². The van der Waals surface area contributed by atoms with E-state index >= 15 is 0 Å². The van der Waals surface area contributed by atoms with E-state index in [0.717, 1.165) is 27.5 Å². The molecule has 0 spiro atoms. The molecule has 0 saturated carbocycles. The molecule has 0 aliphatic carbocycles. The third kappa shape index (κ3) is 2.61. The maximum Gasteiger partial charge on any atom is 0.212 e. The summed E-state index contributed by atoms with van der Waals surface area (Å²) in [6.07, 6.45) is 0. The highest BCUT2D eigenvalue weighted by atomic mass is 32.1. The van der Waals surface area contributed by atoms with Gasteiger partial charge in [-0.1, -0.05) is 30.3 Å². The zero-order valence-electron chi connectivity index (χ0n) is 13.0. The van der Waals surface area contributed by atoms with Gasteiger partial charge in [-0.05, 0) is 30.7 Å². The Morgan fingerprint density at radius 2 is 1.92 bits per heavy atom. The Morgan fingerprint density at radius 3 is 2.75 bits per heavy atom. The molecule has 24 heavy (non-hydrogen) atoms. The number of fused-ring (bicyclic) bond motifs is 1. The van der Waals surface area contributed by atoms with Crippen molar-refractivity contribution in [1.82, 2.24) is 14.6 Å². The second-order valence-electron chi connectivity index (χ2n) is 5.41. The average Bonchev–Trinajstić information content (AvgIpc) is 3.15. The molecule has 1 N–H and O–H groups in total. The fourth-order valence-corrected chi connectivity index (χ4v) is 3.36. The van der Waals surface area contributed by atoms with E-state index in [0.29, 0.717) is 12.4 Å². The fourth-order valence-electron chi connectivity index (χ4n) is 2.52. The van der Waals surface area contributed by atoms with Crippen molar-refractivity contribution < 1.29 is 9.84 Å². The van der Waals surface area contributed by atoms with Crippen LogP contribution < -0.4 is 4.74 Å². The molecule has 0 atom stereocenters. The summed E-state index contributed by atoms with van der Waals surface area (Å²) in [6.45, 7) is 2.31. The second kappa shape index (κ2) is 5.98. The van der Waals surface area contributed by atoms with Crippen molar-refractivity contribution in [1.29, 1.82) is 0 Å². The number of benzene rings is 2. The molecule has 5 nitrogen and oxygen atoms in total. The molecule has 0 fully saturated rings. The Kier molecular flexibility index (Phi) is 3.66. The highest BCUT2D eigenvalue weighted by Crippen LogP contribution is 2.31. The summed E-state index contributed by atoms with van der Waals surface area (Å²) in [5, 5.41) is 16.5. The van der Waals surface area contributed by atoms with Gasteiger partial charge in [0, 0.05) is 10.9 Å². The van der Waals surface area contributed by atoms with E-state index in [-0.39, 0.29) is 5.75 Å². The third-order valence-electron chi connectivity index (χ3n) is 3.76.